The second kappa shape index (κ2) is 12.4. The van der Waals surface area contributed by atoms with Gasteiger partial charge in [0.1, 0.15) is 0 Å². The maximum atomic E-state index is 13.5. The molecule has 0 aromatic heterocycles. The summed E-state index contributed by atoms with van der Waals surface area (Å²) in [5.74, 6) is -1.36. The lowest BCUT2D eigenvalue weighted by Gasteiger charge is -2.30. The number of hydrogen-bond donors (Lipinski definition) is 4. The number of allylic oxidation sites excluding steroid dienone is 2. The number of nitrogens with zero attached hydrogens (tertiary/aromatic N) is 1. The van der Waals surface area contributed by atoms with Gasteiger partial charge >= 0.3 is 0 Å². The molecule has 1 atom stereocenters. The number of aromatic hydroxyl groups is 1. The molecule has 198 valence electrons. The van der Waals surface area contributed by atoms with E-state index in [1.54, 1.807) is 67.6 Å². The van der Waals surface area contributed by atoms with Crippen molar-refractivity contribution in [3.8, 4) is 17.6 Å². The van der Waals surface area contributed by atoms with Crippen molar-refractivity contribution in [1.82, 2.24) is 5.32 Å². The first-order valence-electron chi connectivity index (χ1n) is 11.8. The first-order valence-corrected chi connectivity index (χ1v) is 13.2. The van der Waals surface area contributed by atoms with Crippen molar-refractivity contribution in [2.75, 3.05) is 23.5 Å². The molecule has 4 N–H and O–H groups in total. The summed E-state index contributed by atoms with van der Waals surface area (Å²) in [6.45, 7) is 1.74. The fraction of sp³-hybridized carbons (Fsp3) is 0.138. The predicted molar refractivity (Wildman–Crippen MR) is 153 cm³/mol. The fourth-order valence-corrected chi connectivity index (χ4v) is 5.22. The third-order valence-electron chi connectivity index (χ3n) is 5.96. The molecule has 39 heavy (non-hydrogen) atoms. The summed E-state index contributed by atoms with van der Waals surface area (Å²) >= 11 is 7.29. The van der Waals surface area contributed by atoms with E-state index in [1.165, 1.54) is 13.2 Å². The first kappa shape index (κ1) is 27.6. The topological polar surface area (TPSA) is 123 Å². The van der Waals surface area contributed by atoms with E-state index in [4.69, 9.17) is 16.3 Å². The van der Waals surface area contributed by atoms with Crippen molar-refractivity contribution in [3.63, 3.8) is 0 Å². The average Bonchev–Trinajstić information content (AvgIpc) is 2.93. The lowest BCUT2D eigenvalue weighted by atomic mass is 9.82. The van der Waals surface area contributed by atoms with Crippen LogP contribution in [0.2, 0.25) is 5.02 Å². The molecular formula is C29H25ClN4O4S. The minimum atomic E-state index is -0.788. The van der Waals surface area contributed by atoms with Crippen LogP contribution in [0, 0.1) is 11.3 Å². The van der Waals surface area contributed by atoms with Gasteiger partial charge in [0.2, 0.25) is 5.91 Å². The summed E-state index contributed by atoms with van der Waals surface area (Å²) < 4.78 is 5.29. The third-order valence-corrected chi connectivity index (χ3v) is 7.30. The number of dihydropyridines is 1. The van der Waals surface area contributed by atoms with E-state index in [1.807, 2.05) is 6.07 Å². The number of carbonyl (C=O) groups excluding carboxylic acids is 2. The van der Waals surface area contributed by atoms with Gasteiger partial charge in [-0.15, -0.1) is 0 Å². The third kappa shape index (κ3) is 6.37. The smallest absolute Gasteiger partial charge is 0.254 e. The highest BCUT2D eigenvalue weighted by Gasteiger charge is 2.35. The van der Waals surface area contributed by atoms with Gasteiger partial charge in [0.25, 0.3) is 5.91 Å². The van der Waals surface area contributed by atoms with Gasteiger partial charge in [-0.2, -0.15) is 5.26 Å². The molecule has 3 aromatic carbocycles. The van der Waals surface area contributed by atoms with Crippen LogP contribution in [-0.2, 0) is 9.59 Å². The molecular weight excluding hydrogens is 536 g/mol. The molecule has 0 unspecified atom stereocenters. The Balaban J connectivity index is 1.68. The molecule has 0 saturated heterocycles. The molecule has 0 saturated carbocycles. The monoisotopic (exact) mass is 560 g/mol. The number of hydrogen-bond acceptors (Lipinski definition) is 7. The van der Waals surface area contributed by atoms with Gasteiger partial charge in [0.05, 0.1) is 46.2 Å². The molecule has 1 aliphatic rings. The Morgan fingerprint density at radius 1 is 1.10 bits per heavy atom. The van der Waals surface area contributed by atoms with Crippen LogP contribution in [0.15, 0.2) is 94.7 Å². The highest BCUT2D eigenvalue weighted by Crippen LogP contribution is 2.43. The summed E-state index contributed by atoms with van der Waals surface area (Å²) in [6, 6.07) is 22.8. The number of benzene rings is 3. The number of para-hydroxylation sites is 2. The molecule has 0 bridgehead atoms. The van der Waals surface area contributed by atoms with E-state index in [2.05, 4.69) is 22.0 Å². The zero-order valence-electron chi connectivity index (χ0n) is 21.1. The number of methoxy groups -OCH3 is 1. The summed E-state index contributed by atoms with van der Waals surface area (Å²) in [5.41, 5.74) is 2.76. The van der Waals surface area contributed by atoms with Crippen molar-refractivity contribution >= 4 is 46.6 Å². The van der Waals surface area contributed by atoms with Gasteiger partial charge in [0, 0.05) is 17.0 Å². The highest BCUT2D eigenvalue weighted by atomic mass is 35.5. The maximum absolute atomic E-state index is 13.5. The van der Waals surface area contributed by atoms with E-state index >= 15 is 0 Å². The van der Waals surface area contributed by atoms with Gasteiger partial charge in [-0.25, -0.2) is 0 Å². The molecule has 1 heterocycles. The van der Waals surface area contributed by atoms with Gasteiger partial charge in [-0.05, 0) is 48.9 Å². The van der Waals surface area contributed by atoms with E-state index < -0.39 is 11.8 Å². The van der Waals surface area contributed by atoms with Crippen LogP contribution < -0.4 is 20.7 Å². The summed E-state index contributed by atoms with van der Waals surface area (Å²) in [7, 11) is 1.42. The van der Waals surface area contributed by atoms with Crippen LogP contribution >= 0.6 is 23.4 Å². The van der Waals surface area contributed by atoms with Gasteiger partial charge < -0.3 is 25.8 Å². The SMILES string of the molecule is COc1cc([C@@H]2C(C#N)=C(SCC(=O)Nc3ccccc3Cl)NC(C)=C2C(=O)Nc2ccccc2)ccc1O. The zero-order valence-corrected chi connectivity index (χ0v) is 22.7. The minimum absolute atomic E-state index is 0.0107. The van der Waals surface area contributed by atoms with Crippen LogP contribution in [0.1, 0.15) is 18.4 Å². The van der Waals surface area contributed by atoms with Crippen molar-refractivity contribution in [2.45, 2.75) is 12.8 Å². The van der Waals surface area contributed by atoms with Crippen molar-refractivity contribution in [2.24, 2.45) is 0 Å². The van der Waals surface area contributed by atoms with Gasteiger partial charge in [-0.1, -0.05) is 59.8 Å². The van der Waals surface area contributed by atoms with Crippen LogP contribution in [0.3, 0.4) is 0 Å². The Labute approximate surface area is 235 Å². The number of rotatable bonds is 8. The lowest BCUT2D eigenvalue weighted by Crippen LogP contribution is -2.31. The molecule has 0 spiro atoms. The van der Waals surface area contributed by atoms with Crippen molar-refractivity contribution < 1.29 is 19.4 Å². The molecule has 1 aliphatic heterocycles. The Kier molecular flexibility index (Phi) is 8.81. The number of thioether (sulfide) groups is 1. The largest absolute Gasteiger partial charge is 0.504 e. The molecule has 0 radical (unpaired) electrons. The standard InChI is InChI=1S/C29H25ClN4O4S/c1-17-26(28(37)33-19-8-4-3-5-9-19)27(18-12-13-23(35)24(14-18)38-2)20(15-31)29(32-17)39-16-25(36)34-22-11-7-6-10-21(22)30/h3-14,27,32,35H,16H2,1-2H3,(H,33,37)(H,34,36)/t27-/m1/s1. The molecule has 0 fully saturated rings. The number of phenols is 1. The molecule has 0 aliphatic carbocycles. The van der Waals surface area contributed by atoms with Crippen molar-refractivity contribution in [1.29, 1.82) is 5.26 Å². The number of ether oxygens (including phenoxy) is 1. The minimum Gasteiger partial charge on any atom is -0.504 e. The van der Waals surface area contributed by atoms with Crippen LogP contribution in [-0.4, -0.2) is 29.8 Å². The van der Waals surface area contributed by atoms with Gasteiger partial charge in [-0.3, -0.25) is 9.59 Å². The van der Waals surface area contributed by atoms with Crippen molar-refractivity contribution in [3.05, 3.63) is 105 Å². The number of nitrogens with one attached hydrogen (secondary N) is 3. The van der Waals surface area contributed by atoms with E-state index in [-0.39, 0.29) is 28.7 Å². The maximum Gasteiger partial charge on any atom is 0.254 e. The summed E-state index contributed by atoms with van der Waals surface area (Å²) in [4.78, 5) is 26.2. The highest BCUT2D eigenvalue weighted by molar-refractivity contribution is 8.03. The number of carbonyl (C=O) groups is 2. The molecule has 10 heteroatoms. The van der Waals surface area contributed by atoms with E-state index in [9.17, 15) is 20.0 Å². The number of nitriles is 1. The van der Waals surface area contributed by atoms with Crippen LogP contribution in [0.25, 0.3) is 0 Å². The van der Waals surface area contributed by atoms with E-state index in [0.717, 1.165) is 11.8 Å². The van der Waals surface area contributed by atoms with Gasteiger partial charge in [0.15, 0.2) is 11.5 Å². The zero-order chi connectivity index (χ0) is 27.9. The predicted octanol–water partition coefficient (Wildman–Crippen LogP) is 5.76. The Morgan fingerprint density at radius 2 is 1.82 bits per heavy atom. The number of amides is 2. The molecule has 4 rings (SSSR count). The lowest BCUT2D eigenvalue weighted by molar-refractivity contribution is -0.114. The first-order chi connectivity index (χ1) is 18.8. The molecule has 2 amide bonds. The van der Waals surface area contributed by atoms with E-state index in [0.29, 0.717) is 38.3 Å². The Bertz CT molecular complexity index is 1520. The quantitative estimate of drug-likeness (QED) is 0.276. The number of phenolic OH excluding ortho intramolecular Hbond substituents is 1. The van der Waals surface area contributed by atoms with Crippen LogP contribution in [0.5, 0.6) is 11.5 Å². The number of halogens is 1. The number of anilines is 2. The summed E-state index contributed by atoms with van der Waals surface area (Å²) in [5, 5.41) is 30.1. The Hall–Kier alpha value is -4.39. The van der Waals surface area contributed by atoms with Crippen LogP contribution in [0.4, 0.5) is 11.4 Å². The Morgan fingerprint density at radius 3 is 2.51 bits per heavy atom. The molecule has 3 aromatic rings. The second-order valence-electron chi connectivity index (χ2n) is 8.52. The average molecular weight is 561 g/mol. The fourth-order valence-electron chi connectivity index (χ4n) is 4.14. The summed E-state index contributed by atoms with van der Waals surface area (Å²) in [6.07, 6.45) is 0. The second-order valence-corrected chi connectivity index (χ2v) is 9.91. The molecule has 8 nitrogen and oxygen atoms in total. The normalized spacial score (nSPS) is 14.8.